The summed E-state index contributed by atoms with van der Waals surface area (Å²) in [6, 6.07) is 11.2. The van der Waals surface area contributed by atoms with Crippen molar-refractivity contribution in [1.82, 2.24) is 0 Å². The van der Waals surface area contributed by atoms with Crippen molar-refractivity contribution in [2.75, 3.05) is 24.0 Å². The van der Waals surface area contributed by atoms with Gasteiger partial charge in [-0.25, -0.2) is 0 Å². The van der Waals surface area contributed by atoms with Crippen molar-refractivity contribution in [2.45, 2.75) is 17.9 Å². The summed E-state index contributed by atoms with van der Waals surface area (Å²) in [5.74, 6) is 0.0314. The molecular weight excluding hydrogens is 342 g/mol. The lowest BCUT2D eigenvalue weighted by Gasteiger charge is -2.17. The van der Waals surface area contributed by atoms with Crippen LogP contribution in [-0.2, 0) is 4.79 Å². The maximum atomic E-state index is 12.4. The van der Waals surface area contributed by atoms with E-state index < -0.39 is 11.0 Å². The Balaban J connectivity index is 2.12. The van der Waals surface area contributed by atoms with E-state index in [4.69, 9.17) is 4.74 Å². The van der Waals surface area contributed by atoms with Gasteiger partial charge in [-0.05, 0) is 37.4 Å². The Morgan fingerprint density at radius 2 is 2.04 bits per heavy atom. The molecule has 2 rings (SSSR count). The molecule has 1 atom stereocenters. The van der Waals surface area contributed by atoms with Gasteiger partial charge in [0.15, 0.2) is 0 Å². The zero-order valence-corrected chi connectivity index (χ0v) is 14.9. The van der Waals surface area contributed by atoms with Crippen LogP contribution < -0.4 is 15.4 Å². The van der Waals surface area contributed by atoms with Crippen LogP contribution in [0, 0.1) is 10.1 Å². The molecule has 7 nitrogen and oxygen atoms in total. The van der Waals surface area contributed by atoms with E-state index in [0.717, 1.165) is 10.6 Å². The van der Waals surface area contributed by atoms with E-state index in [1.807, 2.05) is 30.5 Å². The summed E-state index contributed by atoms with van der Waals surface area (Å²) in [4.78, 5) is 23.9. The minimum Gasteiger partial charge on any atom is -0.495 e. The molecule has 1 amide bonds. The summed E-state index contributed by atoms with van der Waals surface area (Å²) in [6.07, 6.45) is 1.98. The van der Waals surface area contributed by atoms with Gasteiger partial charge in [-0.2, -0.15) is 0 Å². The fourth-order valence-electron chi connectivity index (χ4n) is 2.18. The minimum atomic E-state index is -0.541. The molecule has 0 bridgehead atoms. The summed E-state index contributed by atoms with van der Waals surface area (Å²) in [5.41, 5.74) is 0.957. The zero-order chi connectivity index (χ0) is 18.4. The number of carbonyl (C=O) groups is 1. The first kappa shape index (κ1) is 18.6. The molecule has 0 spiro atoms. The molecule has 0 saturated heterocycles. The lowest BCUT2D eigenvalue weighted by molar-refractivity contribution is -0.384. The summed E-state index contributed by atoms with van der Waals surface area (Å²) in [6.45, 7) is 1.71. The predicted octanol–water partition coefficient (Wildman–Crippen LogP) is 3.76. The Morgan fingerprint density at radius 1 is 1.28 bits per heavy atom. The monoisotopic (exact) mass is 361 g/mol. The largest absolute Gasteiger partial charge is 0.495 e. The molecule has 0 radical (unpaired) electrons. The van der Waals surface area contributed by atoms with E-state index in [1.165, 1.54) is 25.3 Å². The molecular formula is C17H19N3O4S. The second-order valence-corrected chi connectivity index (χ2v) is 6.11. The highest BCUT2D eigenvalue weighted by Crippen LogP contribution is 2.29. The van der Waals surface area contributed by atoms with E-state index in [-0.39, 0.29) is 17.3 Å². The smallest absolute Gasteiger partial charge is 0.271 e. The first-order valence-electron chi connectivity index (χ1n) is 7.48. The lowest BCUT2D eigenvalue weighted by Crippen LogP contribution is -2.32. The quantitative estimate of drug-likeness (QED) is 0.443. The van der Waals surface area contributed by atoms with Gasteiger partial charge in [0.05, 0.1) is 17.7 Å². The van der Waals surface area contributed by atoms with Gasteiger partial charge in [-0.15, -0.1) is 11.8 Å². The third-order valence-electron chi connectivity index (χ3n) is 3.50. The van der Waals surface area contributed by atoms with Gasteiger partial charge in [-0.1, -0.05) is 6.07 Å². The van der Waals surface area contributed by atoms with Gasteiger partial charge in [0.2, 0.25) is 5.91 Å². The van der Waals surface area contributed by atoms with E-state index >= 15 is 0 Å². The number of benzene rings is 2. The van der Waals surface area contributed by atoms with Gasteiger partial charge >= 0.3 is 0 Å². The molecule has 2 N–H and O–H groups in total. The maximum Gasteiger partial charge on any atom is 0.271 e. The van der Waals surface area contributed by atoms with E-state index in [0.29, 0.717) is 5.75 Å². The highest BCUT2D eigenvalue weighted by atomic mass is 32.2. The SMILES string of the molecule is COc1ccc([N+](=O)[O-])cc1NC(=O)[C@H](C)Nc1cccc(SC)c1. The van der Waals surface area contributed by atoms with Gasteiger partial charge in [0.1, 0.15) is 11.8 Å². The summed E-state index contributed by atoms with van der Waals surface area (Å²) in [5, 5.41) is 16.7. The van der Waals surface area contributed by atoms with Crippen molar-refractivity contribution in [3.05, 3.63) is 52.6 Å². The molecule has 0 aliphatic rings. The molecule has 0 aliphatic heterocycles. The van der Waals surface area contributed by atoms with Crippen molar-refractivity contribution < 1.29 is 14.5 Å². The van der Waals surface area contributed by atoms with Crippen molar-refractivity contribution in [3.63, 3.8) is 0 Å². The second kappa shape index (κ2) is 8.39. The number of methoxy groups -OCH3 is 1. The Morgan fingerprint density at radius 3 is 2.68 bits per heavy atom. The number of nitro benzene ring substituents is 1. The number of thioether (sulfide) groups is 1. The molecule has 2 aromatic rings. The predicted molar refractivity (Wildman–Crippen MR) is 99.6 cm³/mol. The fraction of sp³-hybridized carbons (Fsp3) is 0.235. The third-order valence-corrected chi connectivity index (χ3v) is 4.22. The van der Waals surface area contributed by atoms with Crippen molar-refractivity contribution >= 4 is 34.7 Å². The van der Waals surface area contributed by atoms with Crippen LogP contribution in [-0.4, -0.2) is 30.2 Å². The van der Waals surface area contributed by atoms with Gasteiger partial charge in [0, 0.05) is 22.7 Å². The van der Waals surface area contributed by atoms with Crippen LogP contribution in [0.2, 0.25) is 0 Å². The minimum absolute atomic E-state index is 0.121. The van der Waals surface area contributed by atoms with E-state index in [9.17, 15) is 14.9 Å². The molecule has 132 valence electrons. The van der Waals surface area contributed by atoms with Crippen LogP contribution in [0.5, 0.6) is 5.75 Å². The van der Waals surface area contributed by atoms with Crippen LogP contribution in [0.1, 0.15) is 6.92 Å². The number of hydrogen-bond donors (Lipinski definition) is 2. The molecule has 8 heteroatoms. The standard InChI is InChI=1S/C17H19N3O4S/c1-11(18-12-5-4-6-14(9-12)25-3)17(21)19-15-10-13(20(22)23)7-8-16(15)24-2/h4-11,18H,1-3H3,(H,19,21)/t11-/m0/s1. The Kier molecular flexibility index (Phi) is 6.24. The van der Waals surface area contributed by atoms with Crippen molar-refractivity contribution in [1.29, 1.82) is 0 Å². The first-order valence-corrected chi connectivity index (χ1v) is 8.71. The zero-order valence-electron chi connectivity index (χ0n) is 14.1. The Hall–Kier alpha value is -2.74. The number of nitro groups is 1. The van der Waals surface area contributed by atoms with Gasteiger partial charge in [0.25, 0.3) is 5.69 Å². The van der Waals surface area contributed by atoms with Crippen LogP contribution in [0.3, 0.4) is 0 Å². The molecule has 0 heterocycles. The number of nitrogens with zero attached hydrogens (tertiary/aromatic N) is 1. The molecule has 0 aromatic heterocycles. The lowest BCUT2D eigenvalue weighted by atomic mass is 10.2. The van der Waals surface area contributed by atoms with Crippen LogP contribution >= 0.6 is 11.8 Å². The Labute approximate surface area is 149 Å². The molecule has 0 aliphatic carbocycles. The molecule has 2 aromatic carbocycles. The number of rotatable bonds is 7. The van der Waals surface area contributed by atoms with Crippen molar-refractivity contribution in [2.24, 2.45) is 0 Å². The number of amides is 1. The van der Waals surface area contributed by atoms with Crippen LogP contribution in [0.25, 0.3) is 0 Å². The van der Waals surface area contributed by atoms with Gasteiger partial charge < -0.3 is 15.4 Å². The molecule has 0 fully saturated rings. The molecule has 25 heavy (non-hydrogen) atoms. The average Bonchev–Trinajstić information content (AvgIpc) is 2.61. The topological polar surface area (TPSA) is 93.5 Å². The fourth-order valence-corrected chi connectivity index (χ4v) is 2.64. The number of hydrogen-bond acceptors (Lipinski definition) is 6. The van der Waals surface area contributed by atoms with Crippen molar-refractivity contribution in [3.8, 4) is 5.75 Å². The second-order valence-electron chi connectivity index (χ2n) is 5.23. The van der Waals surface area contributed by atoms with Crippen LogP contribution in [0.4, 0.5) is 17.1 Å². The number of carbonyl (C=O) groups excluding carboxylic acids is 1. The summed E-state index contributed by atoms with van der Waals surface area (Å²) < 4.78 is 5.15. The van der Waals surface area contributed by atoms with Gasteiger partial charge in [-0.3, -0.25) is 14.9 Å². The third kappa shape index (κ3) is 4.87. The summed E-state index contributed by atoms with van der Waals surface area (Å²) in [7, 11) is 1.44. The molecule has 0 unspecified atom stereocenters. The number of anilines is 2. The summed E-state index contributed by atoms with van der Waals surface area (Å²) >= 11 is 1.61. The van der Waals surface area contributed by atoms with Crippen LogP contribution in [0.15, 0.2) is 47.4 Å². The van der Waals surface area contributed by atoms with E-state index in [1.54, 1.807) is 18.7 Å². The maximum absolute atomic E-state index is 12.4. The normalized spacial score (nSPS) is 11.5. The first-order chi connectivity index (χ1) is 11.9. The highest BCUT2D eigenvalue weighted by Gasteiger charge is 2.17. The number of nitrogens with one attached hydrogen (secondary N) is 2. The number of ether oxygens (including phenoxy) is 1. The highest BCUT2D eigenvalue weighted by molar-refractivity contribution is 7.98. The van der Waals surface area contributed by atoms with E-state index in [2.05, 4.69) is 10.6 Å². The Bertz CT molecular complexity index is 782. The average molecular weight is 361 g/mol. The number of non-ortho nitro benzene ring substituents is 1. The molecule has 0 saturated carbocycles.